The molecule has 0 aliphatic carbocycles. The minimum Gasteiger partial charge on any atom is -0.336 e. The summed E-state index contributed by atoms with van der Waals surface area (Å²) in [5, 5.41) is 7.52. The van der Waals surface area contributed by atoms with Crippen molar-refractivity contribution in [1.82, 2.24) is 14.8 Å². The first-order valence-electron chi connectivity index (χ1n) is 7.37. The van der Waals surface area contributed by atoms with Crippen LogP contribution in [0.2, 0.25) is 0 Å². The Balaban J connectivity index is 2.54. The fraction of sp³-hybridized carbons (Fsp3) is 0.500. The Morgan fingerprint density at radius 2 is 2.20 bits per heavy atom. The van der Waals surface area contributed by atoms with E-state index in [1.807, 2.05) is 13.0 Å². The van der Waals surface area contributed by atoms with Crippen LogP contribution in [0, 0.1) is 6.92 Å². The van der Waals surface area contributed by atoms with E-state index in [1.54, 1.807) is 6.20 Å². The molecule has 0 bridgehead atoms. The largest absolute Gasteiger partial charge is 0.336 e. The van der Waals surface area contributed by atoms with Crippen molar-refractivity contribution >= 4 is 10.9 Å². The Hall–Kier alpha value is -1.84. The number of aryl methyl sites for hydroxylation is 1. The molecule has 0 atom stereocenters. The molecule has 2 aromatic heterocycles. The van der Waals surface area contributed by atoms with E-state index in [0.717, 1.165) is 30.3 Å². The molecule has 0 unspecified atom stereocenters. The number of nitrogens with zero attached hydrogens (tertiary/aromatic N) is 2. The summed E-state index contributed by atoms with van der Waals surface area (Å²) in [6, 6.07) is 0. The Kier molecular flexibility index (Phi) is 4.77. The fourth-order valence-corrected chi connectivity index (χ4v) is 2.71. The van der Waals surface area contributed by atoms with Gasteiger partial charge in [-0.05, 0) is 32.3 Å². The smallest absolute Gasteiger partial charge is 0.288 e. The molecule has 1 N–H and O–H groups in total. The van der Waals surface area contributed by atoms with Gasteiger partial charge in [0.15, 0.2) is 0 Å². The maximum Gasteiger partial charge on any atom is 0.288 e. The van der Waals surface area contributed by atoms with Crippen molar-refractivity contribution in [3.05, 3.63) is 40.0 Å². The zero-order valence-electron chi connectivity index (χ0n) is 12.6. The summed E-state index contributed by atoms with van der Waals surface area (Å²) in [7, 11) is 0. The molecular formula is C16H23N3O. The van der Waals surface area contributed by atoms with Gasteiger partial charge in [-0.1, -0.05) is 31.9 Å². The Morgan fingerprint density at radius 3 is 2.90 bits per heavy atom. The Morgan fingerprint density at radius 1 is 1.40 bits per heavy atom. The van der Waals surface area contributed by atoms with Gasteiger partial charge in [0.05, 0.1) is 6.20 Å². The molecule has 4 nitrogen and oxygen atoms in total. The molecule has 0 aliphatic rings. The highest BCUT2D eigenvalue weighted by molar-refractivity contribution is 5.83. The highest BCUT2D eigenvalue weighted by atomic mass is 16.1. The minimum atomic E-state index is -0.100. The van der Waals surface area contributed by atoms with Crippen molar-refractivity contribution in [2.75, 3.05) is 0 Å². The molecular weight excluding hydrogens is 250 g/mol. The maximum atomic E-state index is 12.1. The number of hydrogen-bond acceptors (Lipinski definition) is 2. The van der Waals surface area contributed by atoms with Gasteiger partial charge in [-0.3, -0.25) is 4.79 Å². The van der Waals surface area contributed by atoms with E-state index >= 15 is 0 Å². The van der Waals surface area contributed by atoms with E-state index in [1.165, 1.54) is 24.1 Å². The summed E-state index contributed by atoms with van der Waals surface area (Å²) in [6.07, 6.45) is 10.5. The number of unbranched alkanes of at least 4 members (excludes halogenated alkanes) is 2. The first-order valence-corrected chi connectivity index (χ1v) is 7.37. The van der Waals surface area contributed by atoms with Crippen LogP contribution in [0.3, 0.4) is 0 Å². The van der Waals surface area contributed by atoms with E-state index in [2.05, 4.69) is 34.7 Å². The van der Waals surface area contributed by atoms with Crippen LogP contribution >= 0.6 is 0 Å². The highest BCUT2D eigenvalue weighted by Crippen LogP contribution is 2.24. The van der Waals surface area contributed by atoms with Crippen LogP contribution in [-0.4, -0.2) is 14.8 Å². The highest BCUT2D eigenvalue weighted by Gasteiger charge is 2.15. The first-order chi connectivity index (χ1) is 9.70. The number of allylic oxidation sites excluding steroid dienone is 2. The fourth-order valence-electron chi connectivity index (χ4n) is 2.71. The Bertz CT molecular complexity index is 664. The molecule has 2 rings (SSSR count). The lowest BCUT2D eigenvalue weighted by molar-refractivity contribution is 0.711. The summed E-state index contributed by atoms with van der Waals surface area (Å²) in [6.45, 7) is 7.04. The minimum absolute atomic E-state index is 0.100. The molecule has 0 spiro atoms. The summed E-state index contributed by atoms with van der Waals surface area (Å²) in [5.41, 5.74) is 3.11. The zero-order valence-corrected chi connectivity index (χ0v) is 12.6. The third-order valence-electron chi connectivity index (χ3n) is 3.82. The lowest BCUT2D eigenvalue weighted by atomic mass is 10.1. The second-order valence-corrected chi connectivity index (χ2v) is 5.16. The van der Waals surface area contributed by atoms with E-state index in [9.17, 15) is 4.79 Å². The number of rotatable bonds is 6. The maximum absolute atomic E-state index is 12.1. The summed E-state index contributed by atoms with van der Waals surface area (Å²) >= 11 is 0. The number of aromatic nitrogens is 3. The summed E-state index contributed by atoms with van der Waals surface area (Å²) < 4.78 is 2.09. The summed E-state index contributed by atoms with van der Waals surface area (Å²) in [5.74, 6) is 0. The van der Waals surface area contributed by atoms with Crippen molar-refractivity contribution in [1.29, 1.82) is 0 Å². The van der Waals surface area contributed by atoms with Crippen LogP contribution in [0.5, 0.6) is 0 Å². The average Bonchev–Trinajstić information content (AvgIpc) is 2.71. The second-order valence-electron chi connectivity index (χ2n) is 5.16. The molecule has 0 radical (unpaired) electrons. The van der Waals surface area contributed by atoms with Gasteiger partial charge in [0, 0.05) is 17.6 Å². The molecule has 0 saturated carbocycles. The van der Waals surface area contributed by atoms with Crippen LogP contribution in [0.1, 0.15) is 44.4 Å². The first kappa shape index (κ1) is 14.6. The normalized spacial score (nSPS) is 11.8. The van der Waals surface area contributed by atoms with Gasteiger partial charge in [-0.15, -0.1) is 0 Å². The number of hydrogen-bond donors (Lipinski definition) is 1. The van der Waals surface area contributed by atoms with E-state index in [-0.39, 0.29) is 5.56 Å². The molecule has 0 aliphatic heterocycles. The molecule has 0 amide bonds. The SMILES string of the molecule is CC=CCn1c(C)c(CCCCC)c2cn[nH]c(=O)c21. The van der Waals surface area contributed by atoms with E-state index in [4.69, 9.17) is 0 Å². The molecule has 2 aromatic rings. The van der Waals surface area contributed by atoms with Gasteiger partial charge >= 0.3 is 0 Å². The Labute approximate surface area is 119 Å². The summed E-state index contributed by atoms with van der Waals surface area (Å²) in [4.78, 5) is 12.1. The lowest BCUT2D eigenvalue weighted by Gasteiger charge is -2.05. The van der Waals surface area contributed by atoms with Gasteiger partial charge in [0.2, 0.25) is 0 Å². The van der Waals surface area contributed by atoms with Gasteiger partial charge in [0.1, 0.15) is 5.52 Å². The monoisotopic (exact) mass is 273 g/mol. The third-order valence-corrected chi connectivity index (χ3v) is 3.82. The molecule has 4 heteroatoms. The van der Waals surface area contributed by atoms with Crippen LogP contribution in [0.15, 0.2) is 23.1 Å². The van der Waals surface area contributed by atoms with Gasteiger partial charge in [-0.25, -0.2) is 5.10 Å². The zero-order chi connectivity index (χ0) is 14.5. The third kappa shape index (κ3) is 2.69. The van der Waals surface area contributed by atoms with Crippen LogP contribution in [-0.2, 0) is 13.0 Å². The predicted molar refractivity (Wildman–Crippen MR) is 83.1 cm³/mol. The second kappa shape index (κ2) is 6.55. The van der Waals surface area contributed by atoms with E-state index < -0.39 is 0 Å². The number of aromatic amines is 1. The van der Waals surface area contributed by atoms with Crippen molar-refractivity contribution in [3.63, 3.8) is 0 Å². The van der Waals surface area contributed by atoms with Gasteiger partial charge in [-0.2, -0.15) is 5.10 Å². The van der Waals surface area contributed by atoms with Crippen molar-refractivity contribution in [2.45, 2.75) is 53.0 Å². The molecule has 2 heterocycles. The topological polar surface area (TPSA) is 50.7 Å². The van der Waals surface area contributed by atoms with Crippen LogP contribution in [0.4, 0.5) is 0 Å². The van der Waals surface area contributed by atoms with Crippen LogP contribution in [0.25, 0.3) is 10.9 Å². The number of fused-ring (bicyclic) bond motifs is 1. The molecule has 20 heavy (non-hydrogen) atoms. The molecule has 0 fully saturated rings. The number of H-pyrrole nitrogens is 1. The molecule has 108 valence electrons. The van der Waals surface area contributed by atoms with E-state index in [0.29, 0.717) is 0 Å². The molecule has 0 saturated heterocycles. The lowest BCUT2D eigenvalue weighted by Crippen LogP contribution is -2.12. The van der Waals surface area contributed by atoms with Gasteiger partial charge < -0.3 is 4.57 Å². The van der Waals surface area contributed by atoms with Crippen molar-refractivity contribution < 1.29 is 0 Å². The van der Waals surface area contributed by atoms with Gasteiger partial charge in [0.25, 0.3) is 5.56 Å². The number of nitrogens with one attached hydrogen (secondary N) is 1. The predicted octanol–water partition coefficient (Wildman–Crippen LogP) is 3.34. The van der Waals surface area contributed by atoms with Crippen molar-refractivity contribution in [3.8, 4) is 0 Å². The quantitative estimate of drug-likeness (QED) is 0.648. The standard InChI is InChI=1S/C16H23N3O/c1-4-6-8-9-13-12(3)19(10-7-5-2)15-14(13)11-17-18-16(15)20/h5,7,11H,4,6,8-10H2,1-3H3,(H,18,20). The average molecular weight is 273 g/mol. The van der Waals surface area contributed by atoms with Crippen LogP contribution < -0.4 is 5.56 Å². The van der Waals surface area contributed by atoms with Crippen molar-refractivity contribution in [2.24, 2.45) is 0 Å². The molecule has 0 aromatic carbocycles.